The number of carbonyl (C=O) groups excluding carboxylic acids is 1. The number of ether oxygens (including phenoxy) is 1. The van der Waals surface area contributed by atoms with Crippen LogP contribution in [0, 0.1) is 5.92 Å². The topological polar surface area (TPSA) is 49.8 Å². The summed E-state index contributed by atoms with van der Waals surface area (Å²) in [6.07, 6.45) is 0.486. The molecule has 4 nitrogen and oxygen atoms in total. The summed E-state index contributed by atoms with van der Waals surface area (Å²) in [5, 5.41) is 9.30. The quantitative estimate of drug-likeness (QED) is 0.761. The first-order valence-electron chi connectivity index (χ1n) is 5.30. The molecule has 0 radical (unpaired) electrons. The smallest absolute Gasteiger partial charge is 0.410 e. The lowest BCUT2D eigenvalue weighted by Crippen LogP contribution is -2.45. The van der Waals surface area contributed by atoms with E-state index in [1.165, 1.54) is 4.90 Å². The van der Waals surface area contributed by atoms with Gasteiger partial charge >= 0.3 is 6.09 Å². The average molecular weight is 215 g/mol. The van der Waals surface area contributed by atoms with Gasteiger partial charge in [-0.15, -0.1) is 0 Å². The third kappa shape index (κ3) is 2.43. The van der Waals surface area contributed by atoms with Crippen molar-refractivity contribution in [1.29, 1.82) is 0 Å². The van der Waals surface area contributed by atoms with Gasteiger partial charge in [0.1, 0.15) is 5.60 Å². The van der Waals surface area contributed by atoms with E-state index in [0.29, 0.717) is 5.92 Å². The second kappa shape index (κ2) is 3.67. The Balaban J connectivity index is 2.61. The van der Waals surface area contributed by atoms with Gasteiger partial charge in [0.05, 0.1) is 12.1 Å². The van der Waals surface area contributed by atoms with Crippen molar-refractivity contribution >= 4 is 6.09 Å². The van der Waals surface area contributed by atoms with E-state index >= 15 is 0 Å². The van der Waals surface area contributed by atoms with Crippen molar-refractivity contribution in [3.05, 3.63) is 0 Å². The van der Waals surface area contributed by atoms with Gasteiger partial charge in [-0.3, -0.25) is 0 Å². The van der Waals surface area contributed by atoms with Crippen molar-refractivity contribution in [2.45, 2.75) is 45.3 Å². The minimum Gasteiger partial charge on any atom is -0.444 e. The zero-order valence-corrected chi connectivity index (χ0v) is 10.2. The SMILES string of the molecule is C[C@H]1C[C@]1(CO)N(C)C(=O)OC(C)(C)C. The zero-order valence-electron chi connectivity index (χ0n) is 10.2. The molecule has 0 heterocycles. The molecule has 88 valence electrons. The Morgan fingerprint density at radius 1 is 1.60 bits per heavy atom. The largest absolute Gasteiger partial charge is 0.444 e. The van der Waals surface area contributed by atoms with Crippen molar-refractivity contribution in [2.75, 3.05) is 13.7 Å². The molecular weight excluding hydrogens is 194 g/mol. The molecule has 1 amide bonds. The maximum absolute atomic E-state index is 11.7. The summed E-state index contributed by atoms with van der Waals surface area (Å²) in [4.78, 5) is 13.3. The van der Waals surface area contributed by atoms with Gasteiger partial charge in [-0.05, 0) is 33.1 Å². The van der Waals surface area contributed by atoms with Crippen LogP contribution in [0.2, 0.25) is 0 Å². The molecule has 0 aliphatic heterocycles. The predicted molar refractivity (Wildman–Crippen MR) is 57.6 cm³/mol. The van der Waals surface area contributed by atoms with E-state index in [4.69, 9.17) is 4.74 Å². The molecule has 0 bridgehead atoms. The second-order valence-corrected chi connectivity index (χ2v) is 5.41. The summed E-state index contributed by atoms with van der Waals surface area (Å²) in [5.41, 5.74) is -0.873. The molecule has 0 saturated heterocycles. The van der Waals surface area contributed by atoms with Gasteiger partial charge < -0.3 is 14.7 Å². The summed E-state index contributed by atoms with van der Waals surface area (Å²) < 4.78 is 5.25. The first kappa shape index (κ1) is 12.3. The summed E-state index contributed by atoms with van der Waals surface area (Å²) >= 11 is 0. The third-order valence-corrected chi connectivity index (χ3v) is 3.03. The van der Waals surface area contributed by atoms with Crippen molar-refractivity contribution in [3.8, 4) is 0 Å². The van der Waals surface area contributed by atoms with Crippen molar-refractivity contribution in [1.82, 2.24) is 4.90 Å². The fourth-order valence-electron chi connectivity index (χ4n) is 1.78. The molecular formula is C11H21NO3. The molecule has 0 aromatic carbocycles. The Hall–Kier alpha value is -0.770. The van der Waals surface area contributed by atoms with Crippen LogP contribution in [-0.2, 0) is 4.74 Å². The van der Waals surface area contributed by atoms with E-state index in [0.717, 1.165) is 6.42 Å². The van der Waals surface area contributed by atoms with Crippen LogP contribution in [0.3, 0.4) is 0 Å². The predicted octanol–water partition coefficient (Wildman–Crippen LogP) is 1.62. The fraction of sp³-hybridized carbons (Fsp3) is 0.909. The number of carbonyl (C=O) groups is 1. The van der Waals surface area contributed by atoms with Gasteiger partial charge in [0.25, 0.3) is 0 Å². The maximum Gasteiger partial charge on any atom is 0.410 e. The Labute approximate surface area is 91.2 Å². The first-order chi connectivity index (χ1) is 6.73. The number of aliphatic hydroxyl groups is 1. The van der Waals surface area contributed by atoms with Crippen LogP contribution < -0.4 is 0 Å². The minimum atomic E-state index is -0.486. The van der Waals surface area contributed by atoms with E-state index in [2.05, 4.69) is 0 Å². The number of rotatable bonds is 2. The highest BCUT2D eigenvalue weighted by Gasteiger charge is 2.56. The number of hydrogen-bond acceptors (Lipinski definition) is 3. The van der Waals surface area contributed by atoms with E-state index < -0.39 is 5.60 Å². The minimum absolute atomic E-state index is 0.00388. The molecule has 1 aliphatic rings. The molecule has 0 spiro atoms. The Kier molecular flexibility index (Phi) is 3.01. The van der Waals surface area contributed by atoms with Gasteiger partial charge in [0.2, 0.25) is 0 Å². The average Bonchev–Trinajstić information content (AvgIpc) is 2.74. The molecule has 1 fully saturated rings. The van der Waals surface area contributed by atoms with Crippen LogP contribution in [0.5, 0.6) is 0 Å². The normalized spacial score (nSPS) is 29.9. The number of hydrogen-bond donors (Lipinski definition) is 1. The molecule has 4 heteroatoms. The number of nitrogens with zero attached hydrogens (tertiary/aromatic N) is 1. The standard InChI is InChI=1S/C11H21NO3/c1-8-6-11(8,7-13)12(5)9(14)15-10(2,3)4/h8,13H,6-7H2,1-5H3/t8-,11+/m0/s1. The third-order valence-electron chi connectivity index (χ3n) is 3.03. The van der Waals surface area contributed by atoms with Crippen LogP contribution in [-0.4, -0.2) is 40.9 Å². The van der Waals surface area contributed by atoms with Crippen molar-refractivity contribution < 1.29 is 14.6 Å². The Bertz CT molecular complexity index is 255. The van der Waals surface area contributed by atoms with E-state index in [1.807, 2.05) is 27.7 Å². The lowest BCUT2D eigenvalue weighted by Gasteiger charge is -2.30. The van der Waals surface area contributed by atoms with Gasteiger partial charge in [-0.1, -0.05) is 6.92 Å². The number of aliphatic hydroxyl groups excluding tert-OH is 1. The highest BCUT2D eigenvalue weighted by molar-refractivity contribution is 5.69. The molecule has 1 N–H and O–H groups in total. The summed E-state index contributed by atoms with van der Waals surface area (Å²) in [6, 6.07) is 0. The van der Waals surface area contributed by atoms with Gasteiger partial charge in [-0.25, -0.2) is 4.79 Å². The lowest BCUT2D eigenvalue weighted by molar-refractivity contribution is 0.0101. The highest BCUT2D eigenvalue weighted by Crippen LogP contribution is 2.47. The lowest BCUT2D eigenvalue weighted by atomic mass is 10.2. The number of likely N-dealkylation sites (N-methyl/N-ethyl adjacent to an activating group) is 1. The Morgan fingerprint density at radius 3 is 2.33 bits per heavy atom. The molecule has 0 aromatic rings. The van der Waals surface area contributed by atoms with Gasteiger partial charge in [-0.2, -0.15) is 0 Å². The van der Waals surface area contributed by atoms with Crippen LogP contribution in [0.1, 0.15) is 34.1 Å². The van der Waals surface area contributed by atoms with Crippen LogP contribution in [0.15, 0.2) is 0 Å². The summed E-state index contributed by atoms with van der Waals surface area (Å²) in [5.74, 6) is 0.347. The number of amides is 1. The van der Waals surface area contributed by atoms with E-state index in [1.54, 1.807) is 7.05 Å². The maximum atomic E-state index is 11.7. The summed E-state index contributed by atoms with van der Waals surface area (Å²) in [6.45, 7) is 7.53. The Morgan fingerprint density at radius 2 is 2.07 bits per heavy atom. The molecule has 15 heavy (non-hydrogen) atoms. The molecule has 1 saturated carbocycles. The first-order valence-corrected chi connectivity index (χ1v) is 5.30. The monoisotopic (exact) mass is 215 g/mol. The molecule has 1 aliphatic carbocycles. The zero-order chi connectivity index (χ0) is 11.9. The van der Waals surface area contributed by atoms with Crippen molar-refractivity contribution in [2.24, 2.45) is 5.92 Å². The van der Waals surface area contributed by atoms with E-state index in [9.17, 15) is 9.90 Å². The van der Waals surface area contributed by atoms with Crippen molar-refractivity contribution in [3.63, 3.8) is 0 Å². The molecule has 0 unspecified atom stereocenters. The fourth-order valence-corrected chi connectivity index (χ4v) is 1.78. The second-order valence-electron chi connectivity index (χ2n) is 5.41. The van der Waals surface area contributed by atoms with Gasteiger partial charge in [0, 0.05) is 7.05 Å². The van der Waals surface area contributed by atoms with Crippen LogP contribution in [0.25, 0.3) is 0 Å². The van der Waals surface area contributed by atoms with E-state index in [-0.39, 0.29) is 18.2 Å². The summed E-state index contributed by atoms with van der Waals surface area (Å²) in [7, 11) is 1.69. The molecule has 1 rings (SSSR count). The molecule has 2 atom stereocenters. The van der Waals surface area contributed by atoms with Crippen LogP contribution >= 0.6 is 0 Å². The van der Waals surface area contributed by atoms with Gasteiger partial charge in [0.15, 0.2) is 0 Å². The van der Waals surface area contributed by atoms with Crippen LogP contribution in [0.4, 0.5) is 4.79 Å². The highest BCUT2D eigenvalue weighted by atomic mass is 16.6. The molecule has 0 aromatic heterocycles.